The lowest BCUT2D eigenvalue weighted by atomic mass is 10.1. The maximum atomic E-state index is 10.5. The predicted octanol–water partition coefficient (Wildman–Crippen LogP) is 1.97. The van der Waals surface area contributed by atoms with Crippen LogP contribution in [0.15, 0.2) is 30.3 Å². The highest BCUT2D eigenvalue weighted by Gasteiger charge is 2.07. The molecule has 92 valence electrons. The quantitative estimate of drug-likeness (QED) is 0.769. The van der Waals surface area contributed by atoms with E-state index in [1.807, 2.05) is 12.1 Å². The maximum Gasteiger partial charge on any atom is 0.170 e. The van der Waals surface area contributed by atoms with Gasteiger partial charge in [-0.25, -0.2) is 0 Å². The van der Waals surface area contributed by atoms with E-state index in [-0.39, 0.29) is 0 Å². The summed E-state index contributed by atoms with van der Waals surface area (Å²) in [5.74, 6) is 1.27. The highest BCUT2D eigenvalue weighted by Crippen LogP contribution is 2.31. The summed E-state index contributed by atoms with van der Waals surface area (Å²) in [5, 5.41) is 7.75. The van der Waals surface area contributed by atoms with Crippen molar-refractivity contribution < 1.29 is 14.3 Å². The fourth-order valence-electron chi connectivity index (χ4n) is 1.55. The van der Waals surface area contributed by atoms with Crippen molar-refractivity contribution in [1.82, 2.24) is 10.2 Å². The summed E-state index contributed by atoms with van der Waals surface area (Å²) in [6.07, 6.45) is 0.658. The number of ether oxygens (including phenoxy) is 2. The maximum absolute atomic E-state index is 10.5. The largest absolute Gasteiger partial charge is 0.493 e. The van der Waals surface area contributed by atoms with Crippen LogP contribution in [0.25, 0.3) is 11.3 Å². The van der Waals surface area contributed by atoms with E-state index >= 15 is 0 Å². The molecule has 18 heavy (non-hydrogen) atoms. The predicted molar refractivity (Wildman–Crippen MR) is 66.0 cm³/mol. The number of nitrogens with zero attached hydrogens (tertiary/aromatic N) is 2. The monoisotopic (exact) mass is 244 g/mol. The van der Waals surface area contributed by atoms with E-state index in [9.17, 15) is 4.79 Å². The summed E-state index contributed by atoms with van der Waals surface area (Å²) in [4.78, 5) is 10.5. The molecule has 0 atom stereocenters. The average molecular weight is 244 g/mol. The second-order valence-electron chi connectivity index (χ2n) is 3.53. The third-order valence-electron chi connectivity index (χ3n) is 2.49. The zero-order valence-electron chi connectivity index (χ0n) is 10.1. The summed E-state index contributed by atoms with van der Waals surface area (Å²) in [6, 6.07) is 8.81. The van der Waals surface area contributed by atoms with Gasteiger partial charge in [0.15, 0.2) is 17.8 Å². The van der Waals surface area contributed by atoms with Crippen molar-refractivity contribution in [2.75, 3.05) is 14.2 Å². The van der Waals surface area contributed by atoms with Gasteiger partial charge in [0.25, 0.3) is 0 Å². The minimum absolute atomic E-state index is 0.305. The Bertz CT molecular complexity index is 553. The van der Waals surface area contributed by atoms with Gasteiger partial charge in [-0.3, -0.25) is 4.79 Å². The van der Waals surface area contributed by atoms with Crippen molar-refractivity contribution in [2.45, 2.75) is 0 Å². The minimum atomic E-state index is 0.305. The van der Waals surface area contributed by atoms with Gasteiger partial charge in [-0.2, -0.15) is 0 Å². The molecule has 5 heteroatoms. The summed E-state index contributed by atoms with van der Waals surface area (Å²) < 4.78 is 10.4. The van der Waals surface area contributed by atoms with Gasteiger partial charge < -0.3 is 9.47 Å². The second-order valence-corrected chi connectivity index (χ2v) is 3.53. The Morgan fingerprint density at radius 2 is 1.78 bits per heavy atom. The number of rotatable bonds is 4. The average Bonchev–Trinajstić information content (AvgIpc) is 2.46. The Morgan fingerprint density at radius 1 is 1.00 bits per heavy atom. The van der Waals surface area contributed by atoms with Gasteiger partial charge in [0.1, 0.15) is 5.69 Å². The van der Waals surface area contributed by atoms with Gasteiger partial charge in [0, 0.05) is 5.56 Å². The summed E-state index contributed by atoms with van der Waals surface area (Å²) in [6.45, 7) is 0. The number of aromatic nitrogens is 2. The molecule has 0 fully saturated rings. The molecular formula is C13H12N2O3. The molecule has 0 unspecified atom stereocenters. The van der Waals surface area contributed by atoms with Gasteiger partial charge in [0.05, 0.1) is 19.9 Å². The molecule has 0 amide bonds. The SMILES string of the molecule is COc1ccc(-c2ccc(C=O)nn2)cc1OC. The first-order valence-corrected chi connectivity index (χ1v) is 5.30. The van der Waals surface area contributed by atoms with Crippen LogP contribution in [0, 0.1) is 0 Å². The Kier molecular flexibility index (Phi) is 3.52. The van der Waals surface area contributed by atoms with Crippen molar-refractivity contribution in [3.8, 4) is 22.8 Å². The number of hydrogen-bond donors (Lipinski definition) is 0. The molecule has 0 radical (unpaired) electrons. The second kappa shape index (κ2) is 5.27. The van der Waals surface area contributed by atoms with Crippen molar-refractivity contribution in [2.24, 2.45) is 0 Å². The molecule has 0 aliphatic heterocycles. The number of carbonyl (C=O) groups excluding carboxylic acids is 1. The van der Waals surface area contributed by atoms with Crippen LogP contribution < -0.4 is 9.47 Å². The van der Waals surface area contributed by atoms with Gasteiger partial charge >= 0.3 is 0 Å². The molecule has 0 aliphatic carbocycles. The fraction of sp³-hybridized carbons (Fsp3) is 0.154. The van der Waals surface area contributed by atoms with Crippen LogP contribution in [0.3, 0.4) is 0 Å². The lowest BCUT2D eigenvalue weighted by Gasteiger charge is -2.08. The third-order valence-corrected chi connectivity index (χ3v) is 2.49. The van der Waals surface area contributed by atoms with E-state index < -0.39 is 0 Å². The Hall–Kier alpha value is -2.43. The zero-order chi connectivity index (χ0) is 13.0. The van der Waals surface area contributed by atoms with E-state index in [0.717, 1.165) is 5.56 Å². The van der Waals surface area contributed by atoms with Crippen LogP contribution in [0.1, 0.15) is 10.5 Å². The third kappa shape index (κ3) is 2.29. The Morgan fingerprint density at radius 3 is 2.33 bits per heavy atom. The molecular weight excluding hydrogens is 232 g/mol. The van der Waals surface area contributed by atoms with Gasteiger partial charge in [-0.1, -0.05) is 0 Å². The summed E-state index contributed by atoms with van der Waals surface area (Å²) >= 11 is 0. The van der Waals surface area contributed by atoms with Crippen LogP contribution in [0.2, 0.25) is 0 Å². The molecule has 2 rings (SSSR count). The zero-order valence-corrected chi connectivity index (χ0v) is 10.1. The van der Waals surface area contributed by atoms with Crippen molar-refractivity contribution in [3.63, 3.8) is 0 Å². The van der Waals surface area contributed by atoms with E-state index in [1.54, 1.807) is 32.4 Å². The fourth-order valence-corrected chi connectivity index (χ4v) is 1.55. The van der Waals surface area contributed by atoms with Crippen LogP contribution in [0.5, 0.6) is 11.5 Å². The van der Waals surface area contributed by atoms with Crippen molar-refractivity contribution >= 4 is 6.29 Å². The molecule has 2 aromatic rings. The minimum Gasteiger partial charge on any atom is -0.493 e. The molecule has 0 saturated carbocycles. The van der Waals surface area contributed by atoms with E-state index in [4.69, 9.17) is 9.47 Å². The molecule has 1 aromatic heterocycles. The smallest absolute Gasteiger partial charge is 0.170 e. The normalized spacial score (nSPS) is 9.89. The van der Waals surface area contributed by atoms with Crippen LogP contribution >= 0.6 is 0 Å². The highest BCUT2D eigenvalue weighted by molar-refractivity contribution is 5.72. The van der Waals surface area contributed by atoms with Crippen LogP contribution in [-0.4, -0.2) is 30.7 Å². The molecule has 1 heterocycles. The molecule has 0 spiro atoms. The molecule has 0 saturated heterocycles. The lowest BCUT2D eigenvalue weighted by Crippen LogP contribution is -1.94. The van der Waals surface area contributed by atoms with Crippen molar-refractivity contribution in [3.05, 3.63) is 36.0 Å². The summed E-state index contributed by atoms with van der Waals surface area (Å²) in [7, 11) is 3.15. The van der Waals surface area contributed by atoms with E-state index in [1.165, 1.54) is 0 Å². The lowest BCUT2D eigenvalue weighted by molar-refractivity contribution is 0.111. The molecule has 5 nitrogen and oxygen atoms in total. The first kappa shape index (κ1) is 12.0. The molecule has 0 aliphatic rings. The highest BCUT2D eigenvalue weighted by atomic mass is 16.5. The van der Waals surface area contributed by atoms with Crippen LogP contribution in [-0.2, 0) is 0 Å². The summed E-state index contributed by atoms with van der Waals surface area (Å²) in [5.41, 5.74) is 1.82. The van der Waals surface area contributed by atoms with Crippen LogP contribution in [0.4, 0.5) is 0 Å². The Balaban J connectivity index is 2.40. The van der Waals surface area contributed by atoms with E-state index in [2.05, 4.69) is 10.2 Å². The van der Waals surface area contributed by atoms with E-state index in [0.29, 0.717) is 29.2 Å². The number of methoxy groups -OCH3 is 2. The Labute approximate surface area is 104 Å². The van der Waals surface area contributed by atoms with Gasteiger partial charge in [-0.15, -0.1) is 10.2 Å². The first-order chi connectivity index (χ1) is 8.78. The van der Waals surface area contributed by atoms with Gasteiger partial charge in [-0.05, 0) is 30.3 Å². The van der Waals surface area contributed by atoms with Crippen molar-refractivity contribution in [1.29, 1.82) is 0 Å². The number of aldehydes is 1. The van der Waals surface area contributed by atoms with Gasteiger partial charge in [0.2, 0.25) is 0 Å². The number of carbonyl (C=O) groups is 1. The first-order valence-electron chi connectivity index (χ1n) is 5.30. The molecule has 0 bridgehead atoms. The standard InChI is InChI=1S/C13H12N2O3/c1-17-12-6-3-9(7-13(12)18-2)11-5-4-10(8-16)14-15-11/h3-8H,1-2H3. The molecule has 1 aromatic carbocycles. The topological polar surface area (TPSA) is 61.3 Å². The number of benzene rings is 1. The molecule has 0 N–H and O–H groups in total. The number of hydrogen-bond acceptors (Lipinski definition) is 5.